The van der Waals surface area contributed by atoms with E-state index in [9.17, 15) is 20.0 Å². The van der Waals surface area contributed by atoms with E-state index in [1.54, 1.807) is 24.3 Å². The number of hydrogen-bond acceptors (Lipinski definition) is 8. The highest BCUT2D eigenvalue weighted by Crippen LogP contribution is 2.38. The number of ether oxygens (including phenoxy) is 2. The van der Waals surface area contributed by atoms with Gasteiger partial charge in [0.2, 0.25) is 0 Å². The minimum absolute atomic E-state index is 0.111. The van der Waals surface area contributed by atoms with E-state index in [0.717, 1.165) is 11.8 Å². The molecule has 0 fully saturated rings. The monoisotopic (exact) mass is 402 g/mol. The zero-order chi connectivity index (χ0) is 20.3. The predicted molar refractivity (Wildman–Crippen MR) is 102 cm³/mol. The van der Waals surface area contributed by atoms with Gasteiger partial charge in [-0.2, -0.15) is 0 Å². The summed E-state index contributed by atoms with van der Waals surface area (Å²) in [7, 11) is 2.69. The van der Waals surface area contributed by atoms with Crippen molar-refractivity contribution in [3.63, 3.8) is 0 Å². The maximum Gasteiger partial charge on any atom is 0.342 e. The highest BCUT2D eigenvalue weighted by atomic mass is 32.2. The smallest absolute Gasteiger partial charge is 0.342 e. The maximum atomic E-state index is 11.7. The summed E-state index contributed by atoms with van der Waals surface area (Å²) in [4.78, 5) is 26.4. The van der Waals surface area contributed by atoms with Gasteiger partial charge in [0.05, 0.1) is 25.2 Å². The number of carboxylic acids is 1. The molecule has 144 valence electrons. The first kappa shape index (κ1) is 19.2. The first-order chi connectivity index (χ1) is 13.4. The van der Waals surface area contributed by atoms with Gasteiger partial charge in [-0.05, 0) is 30.0 Å². The Morgan fingerprint density at radius 2 is 2.04 bits per heavy atom. The number of carbonyl (C=O) groups is 1. The number of hydrogen-bond donors (Lipinski definition) is 1. The van der Waals surface area contributed by atoms with Crippen LogP contribution in [0.3, 0.4) is 0 Å². The van der Waals surface area contributed by atoms with Crippen molar-refractivity contribution in [1.82, 2.24) is 4.98 Å². The number of para-hydroxylation sites is 2. The molecule has 0 aliphatic heterocycles. The van der Waals surface area contributed by atoms with Crippen molar-refractivity contribution in [1.29, 1.82) is 0 Å². The average Bonchev–Trinajstić information content (AvgIpc) is 3.08. The van der Waals surface area contributed by atoms with Gasteiger partial charge in [0.1, 0.15) is 10.4 Å². The van der Waals surface area contributed by atoms with E-state index in [4.69, 9.17) is 13.9 Å². The van der Waals surface area contributed by atoms with Crippen LogP contribution in [0.4, 0.5) is 5.69 Å². The summed E-state index contributed by atoms with van der Waals surface area (Å²) in [6.07, 6.45) is 1.25. The number of methoxy groups -OCH3 is 2. The third-order valence-corrected chi connectivity index (χ3v) is 4.53. The zero-order valence-corrected chi connectivity index (χ0v) is 15.6. The number of thioether (sulfide) groups is 1. The second-order valence-corrected chi connectivity index (χ2v) is 6.38. The largest absolute Gasteiger partial charge is 0.493 e. The van der Waals surface area contributed by atoms with Crippen molar-refractivity contribution in [3.8, 4) is 11.5 Å². The van der Waals surface area contributed by atoms with Gasteiger partial charge in [0.15, 0.2) is 17.1 Å². The number of benzene rings is 2. The molecule has 28 heavy (non-hydrogen) atoms. The highest BCUT2D eigenvalue weighted by molar-refractivity contribution is 8.03. The molecule has 1 heterocycles. The van der Waals surface area contributed by atoms with Gasteiger partial charge < -0.3 is 19.0 Å². The van der Waals surface area contributed by atoms with Crippen LogP contribution in [-0.2, 0) is 4.79 Å². The van der Waals surface area contributed by atoms with Crippen LogP contribution in [-0.4, -0.2) is 35.2 Å². The molecule has 2 aromatic carbocycles. The Bertz CT molecular complexity index is 1060. The Morgan fingerprint density at radius 1 is 1.29 bits per heavy atom. The second kappa shape index (κ2) is 8.01. The second-order valence-electron chi connectivity index (χ2n) is 5.39. The third kappa shape index (κ3) is 3.91. The van der Waals surface area contributed by atoms with Crippen molar-refractivity contribution >= 4 is 40.6 Å². The number of rotatable bonds is 7. The molecule has 0 saturated carbocycles. The molecule has 0 amide bonds. The number of nitro benzene ring substituents is 1. The fourth-order valence-electron chi connectivity index (χ4n) is 2.46. The molecular formula is C18H14N2O7S. The molecule has 3 aromatic rings. The number of carboxylic acid groups (broad SMARTS) is 1. The van der Waals surface area contributed by atoms with E-state index < -0.39 is 10.9 Å². The lowest BCUT2D eigenvalue weighted by atomic mass is 10.1. The normalized spacial score (nSPS) is 11.4. The first-order valence-electron chi connectivity index (χ1n) is 7.81. The van der Waals surface area contributed by atoms with Crippen LogP contribution >= 0.6 is 11.8 Å². The molecule has 0 unspecified atom stereocenters. The predicted octanol–water partition coefficient (Wildman–Crippen LogP) is 3.97. The fraction of sp³-hybridized carbons (Fsp3) is 0.111. The number of nitro groups is 1. The minimum atomic E-state index is -1.25. The number of aromatic nitrogens is 1. The van der Waals surface area contributed by atoms with E-state index in [1.807, 2.05) is 0 Å². The van der Waals surface area contributed by atoms with E-state index in [2.05, 4.69) is 4.98 Å². The summed E-state index contributed by atoms with van der Waals surface area (Å²) < 4.78 is 15.9. The lowest BCUT2D eigenvalue weighted by Crippen LogP contribution is -2.00. The van der Waals surface area contributed by atoms with Crippen LogP contribution in [0.1, 0.15) is 5.56 Å². The van der Waals surface area contributed by atoms with Crippen LogP contribution in [0, 0.1) is 10.1 Å². The summed E-state index contributed by atoms with van der Waals surface area (Å²) >= 11 is 0.782. The summed E-state index contributed by atoms with van der Waals surface area (Å²) in [6.45, 7) is 0. The molecule has 0 saturated heterocycles. The van der Waals surface area contributed by atoms with Crippen molar-refractivity contribution < 1.29 is 28.7 Å². The molecule has 1 aromatic heterocycles. The van der Waals surface area contributed by atoms with Crippen molar-refractivity contribution in [2.24, 2.45) is 0 Å². The van der Waals surface area contributed by atoms with Crippen LogP contribution < -0.4 is 9.47 Å². The number of non-ortho nitro benzene ring substituents is 1. The molecule has 10 heteroatoms. The van der Waals surface area contributed by atoms with Crippen LogP contribution in [0.2, 0.25) is 0 Å². The van der Waals surface area contributed by atoms with Crippen molar-refractivity contribution in [2.45, 2.75) is 5.22 Å². The van der Waals surface area contributed by atoms with Gasteiger partial charge in [0, 0.05) is 11.6 Å². The van der Waals surface area contributed by atoms with E-state index in [0.29, 0.717) is 11.1 Å². The Morgan fingerprint density at radius 3 is 2.64 bits per heavy atom. The summed E-state index contributed by atoms with van der Waals surface area (Å²) in [5.74, 6) is -0.968. The van der Waals surface area contributed by atoms with Crippen LogP contribution in [0.25, 0.3) is 17.2 Å². The molecule has 0 spiro atoms. The third-order valence-electron chi connectivity index (χ3n) is 3.67. The Hall–Kier alpha value is -3.53. The summed E-state index contributed by atoms with van der Waals surface area (Å²) in [5, 5.41) is 20.9. The van der Waals surface area contributed by atoms with Gasteiger partial charge in [0.25, 0.3) is 10.9 Å². The quantitative estimate of drug-likeness (QED) is 0.270. The maximum absolute atomic E-state index is 11.7. The van der Waals surface area contributed by atoms with E-state index in [-0.39, 0.29) is 32.9 Å². The standard InChI is InChI=1S/C18H14N2O7S/c1-25-14-9-11(20(23)24)7-10(16(14)26-2)8-15(17(21)22)28-18-19-12-5-3-4-6-13(12)27-18/h3-9H,1-2H3,(H,21,22)/b15-8-. The van der Waals surface area contributed by atoms with Gasteiger partial charge >= 0.3 is 5.97 Å². The van der Waals surface area contributed by atoms with E-state index in [1.165, 1.54) is 32.4 Å². The molecule has 0 aliphatic carbocycles. The molecule has 0 aliphatic rings. The average molecular weight is 402 g/mol. The highest BCUT2D eigenvalue weighted by Gasteiger charge is 2.20. The zero-order valence-electron chi connectivity index (χ0n) is 14.7. The number of nitrogens with zero attached hydrogens (tertiary/aromatic N) is 2. The molecule has 0 radical (unpaired) electrons. The lowest BCUT2D eigenvalue weighted by Gasteiger charge is -2.11. The Labute approximate surface area is 162 Å². The van der Waals surface area contributed by atoms with Crippen molar-refractivity contribution in [3.05, 3.63) is 57.0 Å². The van der Waals surface area contributed by atoms with Gasteiger partial charge in [-0.1, -0.05) is 12.1 Å². The van der Waals surface area contributed by atoms with Gasteiger partial charge in [-0.3, -0.25) is 10.1 Å². The molecule has 0 atom stereocenters. The SMILES string of the molecule is COc1cc([N+](=O)[O-])cc(/C=C(\Sc2nc3ccccc3o2)C(=O)O)c1OC. The summed E-state index contributed by atoms with van der Waals surface area (Å²) in [6, 6.07) is 9.41. The topological polar surface area (TPSA) is 125 Å². The number of aliphatic carboxylic acids is 1. The molecule has 0 bridgehead atoms. The molecule has 3 rings (SSSR count). The molecular weight excluding hydrogens is 388 g/mol. The number of fused-ring (bicyclic) bond motifs is 1. The van der Waals surface area contributed by atoms with Gasteiger partial charge in [-0.15, -0.1) is 0 Å². The van der Waals surface area contributed by atoms with Crippen molar-refractivity contribution in [2.75, 3.05) is 14.2 Å². The Kier molecular flexibility index (Phi) is 5.50. The lowest BCUT2D eigenvalue weighted by molar-refractivity contribution is -0.385. The first-order valence-corrected chi connectivity index (χ1v) is 8.63. The minimum Gasteiger partial charge on any atom is -0.493 e. The molecule has 1 N–H and O–H groups in total. The molecule has 9 nitrogen and oxygen atoms in total. The fourth-order valence-corrected chi connectivity index (χ4v) is 3.19. The summed E-state index contributed by atoms with van der Waals surface area (Å²) in [5.41, 5.74) is 1.02. The van der Waals surface area contributed by atoms with E-state index >= 15 is 0 Å². The van der Waals surface area contributed by atoms with Gasteiger partial charge in [-0.25, -0.2) is 9.78 Å². The van der Waals surface area contributed by atoms with Crippen LogP contribution in [0.15, 0.2) is 50.9 Å². The Balaban J connectivity index is 2.07. The van der Waals surface area contributed by atoms with Crippen LogP contribution in [0.5, 0.6) is 11.5 Å². The number of oxazole rings is 1.